The second kappa shape index (κ2) is 11.8. The SMILES string of the molecule is CCCC[C@H](O)C[C@@](C)(O)[C@H](C=O)C1C(C)CC[C@@]2(C)C1CC[C@@H]2[C@H](C)CCCC(C)C. The Morgan fingerprint density at radius 2 is 1.78 bits per heavy atom. The van der Waals surface area contributed by atoms with Gasteiger partial charge in [0.25, 0.3) is 0 Å². The molecule has 0 bridgehead atoms. The van der Waals surface area contributed by atoms with E-state index in [9.17, 15) is 15.0 Å². The summed E-state index contributed by atoms with van der Waals surface area (Å²) in [6.45, 7) is 15.8. The molecule has 0 aromatic carbocycles. The smallest absolute Gasteiger partial charge is 0.126 e. The molecule has 188 valence electrons. The molecule has 2 N–H and O–H groups in total. The van der Waals surface area contributed by atoms with Crippen molar-refractivity contribution in [2.24, 2.45) is 46.8 Å². The molecule has 2 rings (SSSR count). The van der Waals surface area contributed by atoms with Gasteiger partial charge in [0.1, 0.15) is 6.29 Å². The maximum absolute atomic E-state index is 12.5. The van der Waals surface area contributed by atoms with Crippen LogP contribution < -0.4 is 0 Å². The van der Waals surface area contributed by atoms with Crippen molar-refractivity contribution in [2.75, 3.05) is 0 Å². The zero-order valence-corrected chi connectivity index (χ0v) is 22.3. The van der Waals surface area contributed by atoms with Crippen LogP contribution in [0.5, 0.6) is 0 Å². The summed E-state index contributed by atoms with van der Waals surface area (Å²) in [6.07, 6.45) is 12.3. The van der Waals surface area contributed by atoms with Gasteiger partial charge in [0.05, 0.1) is 11.7 Å². The van der Waals surface area contributed by atoms with Crippen LogP contribution in [0.15, 0.2) is 0 Å². The van der Waals surface area contributed by atoms with E-state index in [-0.39, 0.29) is 11.3 Å². The quantitative estimate of drug-likeness (QED) is 0.296. The van der Waals surface area contributed by atoms with Gasteiger partial charge in [0.15, 0.2) is 0 Å². The molecule has 3 unspecified atom stereocenters. The standard InChI is InChI=1S/C29H54O3/c1-8-9-13-23(31)18-29(7,32)26(19-30)27-22(5)16-17-28(6)24(14-15-25(27)28)21(4)12-10-11-20(2)3/h19-27,31-32H,8-18H2,1-7H3/t21-,22?,23+,24-,25?,26-,27?,28-,29-/m1/s1. The second-order valence-corrected chi connectivity index (χ2v) is 12.7. The normalized spacial score (nSPS) is 35.2. The lowest BCUT2D eigenvalue weighted by molar-refractivity contribution is -0.139. The minimum Gasteiger partial charge on any atom is -0.393 e. The molecular formula is C29H54O3. The van der Waals surface area contributed by atoms with Crippen LogP contribution in [0.4, 0.5) is 0 Å². The number of hydrogen-bond acceptors (Lipinski definition) is 3. The summed E-state index contributed by atoms with van der Waals surface area (Å²) in [4.78, 5) is 12.5. The lowest BCUT2D eigenvalue weighted by Crippen LogP contribution is -2.52. The Morgan fingerprint density at radius 3 is 2.38 bits per heavy atom. The number of carbonyl (C=O) groups excluding carboxylic acids is 1. The molecule has 0 amide bonds. The highest BCUT2D eigenvalue weighted by atomic mass is 16.3. The molecule has 0 saturated heterocycles. The van der Waals surface area contributed by atoms with E-state index in [0.29, 0.717) is 24.7 Å². The Kier molecular flexibility index (Phi) is 10.3. The average Bonchev–Trinajstić information content (AvgIpc) is 3.05. The molecule has 0 aromatic rings. The molecular weight excluding hydrogens is 396 g/mol. The van der Waals surface area contributed by atoms with E-state index >= 15 is 0 Å². The van der Waals surface area contributed by atoms with E-state index in [2.05, 4.69) is 41.5 Å². The molecule has 0 radical (unpaired) electrons. The first-order valence-corrected chi connectivity index (χ1v) is 13.8. The van der Waals surface area contributed by atoms with Gasteiger partial charge < -0.3 is 15.0 Å². The molecule has 2 aliphatic rings. The summed E-state index contributed by atoms with van der Waals surface area (Å²) >= 11 is 0. The molecule has 2 aliphatic carbocycles. The first-order valence-electron chi connectivity index (χ1n) is 13.8. The van der Waals surface area contributed by atoms with Crippen molar-refractivity contribution in [3.8, 4) is 0 Å². The Hall–Kier alpha value is -0.410. The van der Waals surface area contributed by atoms with Crippen molar-refractivity contribution in [3.05, 3.63) is 0 Å². The van der Waals surface area contributed by atoms with E-state index < -0.39 is 17.6 Å². The fourth-order valence-corrected chi connectivity index (χ4v) is 7.82. The first kappa shape index (κ1) is 27.8. The van der Waals surface area contributed by atoms with Gasteiger partial charge in [-0.05, 0) is 80.0 Å². The van der Waals surface area contributed by atoms with Crippen LogP contribution in [0.25, 0.3) is 0 Å². The monoisotopic (exact) mass is 450 g/mol. The molecule has 3 heteroatoms. The van der Waals surface area contributed by atoms with Crippen LogP contribution in [-0.4, -0.2) is 28.2 Å². The van der Waals surface area contributed by atoms with Gasteiger partial charge >= 0.3 is 0 Å². The Bertz CT molecular complexity index is 571. The van der Waals surface area contributed by atoms with Gasteiger partial charge in [-0.3, -0.25) is 0 Å². The molecule has 0 heterocycles. The van der Waals surface area contributed by atoms with Crippen LogP contribution in [0.3, 0.4) is 0 Å². The highest BCUT2D eigenvalue weighted by Gasteiger charge is 2.57. The highest BCUT2D eigenvalue weighted by molar-refractivity contribution is 5.56. The maximum atomic E-state index is 12.5. The number of aldehydes is 1. The Balaban J connectivity index is 2.18. The predicted octanol–water partition coefficient (Wildman–Crippen LogP) is 7.03. The number of fused-ring (bicyclic) bond motifs is 1. The Morgan fingerprint density at radius 1 is 1.09 bits per heavy atom. The summed E-state index contributed by atoms with van der Waals surface area (Å²) in [6, 6.07) is 0. The Labute approximate surface area is 199 Å². The van der Waals surface area contributed by atoms with E-state index in [0.717, 1.165) is 43.3 Å². The summed E-state index contributed by atoms with van der Waals surface area (Å²) in [5.41, 5.74) is -0.875. The maximum Gasteiger partial charge on any atom is 0.126 e. The third-order valence-corrected chi connectivity index (χ3v) is 9.69. The van der Waals surface area contributed by atoms with E-state index in [1.54, 1.807) is 6.92 Å². The molecule has 0 aliphatic heterocycles. The van der Waals surface area contributed by atoms with Crippen molar-refractivity contribution < 1.29 is 15.0 Å². The topological polar surface area (TPSA) is 57.5 Å². The van der Waals surface area contributed by atoms with Gasteiger partial charge in [0.2, 0.25) is 0 Å². The number of carbonyl (C=O) groups is 1. The van der Waals surface area contributed by atoms with Crippen LogP contribution in [0.2, 0.25) is 0 Å². The van der Waals surface area contributed by atoms with Crippen molar-refractivity contribution >= 4 is 6.29 Å². The summed E-state index contributed by atoms with van der Waals surface area (Å²) < 4.78 is 0. The first-order chi connectivity index (χ1) is 15.0. The molecule has 9 atom stereocenters. The van der Waals surface area contributed by atoms with Gasteiger partial charge in [-0.25, -0.2) is 0 Å². The van der Waals surface area contributed by atoms with Gasteiger partial charge in [0, 0.05) is 12.3 Å². The van der Waals surface area contributed by atoms with Crippen LogP contribution >= 0.6 is 0 Å². The number of aliphatic hydroxyl groups is 2. The number of hydrogen-bond donors (Lipinski definition) is 2. The number of rotatable bonds is 13. The largest absolute Gasteiger partial charge is 0.393 e. The fraction of sp³-hybridized carbons (Fsp3) is 0.966. The van der Waals surface area contributed by atoms with E-state index in [1.165, 1.54) is 38.5 Å². The average molecular weight is 451 g/mol. The molecule has 0 spiro atoms. The summed E-state index contributed by atoms with van der Waals surface area (Å²) in [7, 11) is 0. The zero-order chi connectivity index (χ0) is 24.1. The predicted molar refractivity (Wildman–Crippen MR) is 134 cm³/mol. The minimum atomic E-state index is -1.15. The third-order valence-electron chi connectivity index (χ3n) is 9.69. The molecule has 3 nitrogen and oxygen atoms in total. The van der Waals surface area contributed by atoms with Gasteiger partial charge in [-0.2, -0.15) is 0 Å². The van der Waals surface area contributed by atoms with Gasteiger partial charge in [-0.1, -0.05) is 73.6 Å². The summed E-state index contributed by atoms with van der Waals surface area (Å²) in [5, 5.41) is 22.0. The van der Waals surface area contributed by atoms with E-state index in [4.69, 9.17) is 0 Å². The van der Waals surface area contributed by atoms with Crippen LogP contribution in [0, 0.1) is 46.8 Å². The minimum absolute atomic E-state index is 0.215. The number of unbranched alkanes of at least 4 members (excludes halogenated alkanes) is 1. The lowest BCUT2D eigenvalue weighted by atomic mass is 9.52. The van der Waals surface area contributed by atoms with Crippen LogP contribution in [0.1, 0.15) is 119 Å². The second-order valence-electron chi connectivity index (χ2n) is 12.7. The zero-order valence-electron chi connectivity index (χ0n) is 22.3. The molecule has 2 fully saturated rings. The van der Waals surface area contributed by atoms with Crippen molar-refractivity contribution in [1.82, 2.24) is 0 Å². The fourth-order valence-electron chi connectivity index (χ4n) is 7.82. The molecule has 2 saturated carbocycles. The van der Waals surface area contributed by atoms with Gasteiger partial charge in [-0.15, -0.1) is 0 Å². The number of aliphatic hydroxyl groups excluding tert-OH is 1. The lowest BCUT2D eigenvalue weighted by Gasteiger charge is -2.53. The van der Waals surface area contributed by atoms with Crippen molar-refractivity contribution in [1.29, 1.82) is 0 Å². The van der Waals surface area contributed by atoms with Crippen LogP contribution in [-0.2, 0) is 4.79 Å². The molecule has 0 aromatic heterocycles. The van der Waals surface area contributed by atoms with Crippen molar-refractivity contribution in [2.45, 2.75) is 131 Å². The van der Waals surface area contributed by atoms with Crippen molar-refractivity contribution in [3.63, 3.8) is 0 Å². The highest BCUT2D eigenvalue weighted by Crippen LogP contribution is 2.63. The van der Waals surface area contributed by atoms with E-state index in [1.807, 2.05) is 0 Å². The molecule has 32 heavy (non-hydrogen) atoms. The summed E-state index contributed by atoms with van der Waals surface area (Å²) in [5.74, 6) is 2.99. The third kappa shape index (κ3) is 6.38.